The van der Waals surface area contributed by atoms with Crippen molar-refractivity contribution < 1.29 is 13.2 Å². The summed E-state index contributed by atoms with van der Waals surface area (Å²) in [6.07, 6.45) is 4.36. The first kappa shape index (κ1) is 23.9. The van der Waals surface area contributed by atoms with E-state index in [0.717, 1.165) is 50.0 Å². The quantitative estimate of drug-likeness (QED) is 0.681. The zero-order valence-electron chi connectivity index (χ0n) is 19.0. The molecule has 0 radical (unpaired) electrons. The van der Waals surface area contributed by atoms with E-state index >= 15 is 0 Å². The Morgan fingerprint density at radius 2 is 1.52 bits per heavy atom. The summed E-state index contributed by atoms with van der Waals surface area (Å²) in [5.74, 6) is 0. The van der Waals surface area contributed by atoms with Crippen molar-refractivity contribution in [3.63, 3.8) is 0 Å². The van der Waals surface area contributed by atoms with Crippen molar-refractivity contribution in [3.05, 3.63) is 53.1 Å². The number of benzene rings is 2. The van der Waals surface area contributed by atoms with Gasteiger partial charge in [0.15, 0.2) is 0 Å². The highest BCUT2D eigenvalue weighted by Gasteiger charge is 2.29. The van der Waals surface area contributed by atoms with Crippen LogP contribution in [0.3, 0.4) is 0 Å². The van der Waals surface area contributed by atoms with Crippen molar-refractivity contribution in [3.8, 4) is 0 Å². The second kappa shape index (κ2) is 10.3. The summed E-state index contributed by atoms with van der Waals surface area (Å²) in [6, 6.07) is 12.1. The fraction of sp³-hybridized carbons (Fsp3) is 0.458. The van der Waals surface area contributed by atoms with E-state index in [4.69, 9.17) is 11.6 Å². The Morgan fingerprint density at radius 3 is 2.15 bits per heavy atom. The molecule has 7 nitrogen and oxygen atoms in total. The summed E-state index contributed by atoms with van der Waals surface area (Å²) >= 11 is 6.15. The number of urea groups is 1. The van der Waals surface area contributed by atoms with Crippen LogP contribution in [0, 0.1) is 6.92 Å². The van der Waals surface area contributed by atoms with Crippen LogP contribution in [0.4, 0.5) is 16.2 Å². The molecule has 0 spiro atoms. The third kappa shape index (κ3) is 5.62. The molecule has 2 fully saturated rings. The van der Waals surface area contributed by atoms with Crippen molar-refractivity contribution in [2.45, 2.75) is 37.5 Å². The molecule has 9 heteroatoms. The second-order valence-electron chi connectivity index (χ2n) is 8.68. The standard InChI is InChI=1S/C24H31ClN4O3S/c1-19-6-7-20(25)18-23(19)27-14-16-29(17-15-27)33(31,32)22-10-8-21(9-11-22)26-24(30)28-12-4-2-3-5-13-28/h6-11,18H,2-5,12-17H2,1H3,(H,26,30). The summed E-state index contributed by atoms with van der Waals surface area (Å²) < 4.78 is 27.8. The smallest absolute Gasteiger partial charge is 0.321 e. The molecule has 1 N–H and O–H groups in total. The summed E-state index contributed by atoms with van der Waals surface area (Å²) in [5, 5.41) is 3.57. The van der Waals surface area contributed by atoms with Crippen LogP contribution in [0.25, 0.3) is 0 Å². The Labute approximate surface area is 201 Å². The molecule has 2 aromatic rings. The minimum atomic E-state index is -3.60. The van der Waals surface area contributed by atoms with Crippen LogP contribution in [-0.2, 0) is 10.0 Å². The van der Waals surface area contributed by atoms with E-state index in [0.29, 0.717) is 36.9 Å². The van der Waals surface area contributed by atoms with Gasteiger partial charge < -0.3 is 15.1 Å². The van der Waals surface area contributed by atoms with E-state index in [-0.39, 0.29) is 10.9 Å². The van der Waals surface area contributed by atoms with Crippen molar-refractivity contribution in [1.29, 1.82) is 0 Å². The summed E-state index contributed by atoms with van der Waals surface area (Å²) in [6.45, 7) is 5.57. The Hall–Kier alpha value is -2.29. The van der Waals surface area contributed by atoms with Crippen molar-refractivity contribution in [2.75, 3.05) is 49.5 Å². The van der Waals surface area contributed by atoms with Crippen LogP contribution >= 0.6 is 11.6 Å². The van der Waals surface area contributed by atoms with E-state index in [1.54, 1.807) is 24.3 Å². The van der Waals surface area contributed by atoms with Gasteiger partial charge in [-0.25, -0.2) is 13.2 Å². The minimum absolute atomic E-state index is 0.125. The van der Waals surface area contributed by atoms with Crippen LogP contribution in [-0.4, -0.2) is 62.9 Å². The summed E-state index contributed by atoms with van der Waals surface area (Å²) in [4.78, 5) is 16.8. The van der Waals surface area contributed by atoms with Crippen molar-refractivity contribution >= 4 is 39.0 Å². The molecule has 33 heavy (non-hydrogen) atoms. The fourth-order valence-corrected chi connectivity index (χ4v) is 6.02. The molecule has 2 amide bonds. The molecule has 178 valence electrons. The van der Waals surface area contributed by atoms with Gasteiger partial charge in [0.1, 0.15) is 0 Å². The molecule has 0 bridgehead atoms. The number of amides is 2. The number of piperazine rings is 1. The highest BCUT2D eigenvalue weighted by molar-refractivity contribution is 7.89. The Kier molecular flexibility index (Phi) is 7.46. The maximum absolute atomic E-state index is 13.2. The largest absolute Gasteiger partial charge is 0.369 e. The van der Waals surface area contributed by atoms with Gasteiger partial charge in [0.05, 0.1) is 4.90 Å². The Bertz CT molecular complexity index is 1080. The number of rotatable bonds is 4. The van der Waals surface area contributed by atoms with Crippen LogP contribution in [0.1, 0.15) is 31.2 Å². The molecule has 2 aliphatic rings. The average molecular weight is 491 g/mol. The molecule has 2 heterocycles. The minimum Gasteiger partial charge on any atom is -0.369 e. The molecule has 2 aliphatic heterocycles. The number of sulfonamides is 1. The molecular weight excluding hydrogens is 460 g/mol. The van der Waals surface area contributed by atoms with Crippen LogP contribution < -0.4 is 10.2 Å². The first-order valence-electron chi connectivity index (χ1n) is 11.5. The van der Waals surface area contributed by atoms with Gasteiger partial charge in [-0.1, -0.05) is 30.5 Å². The lowest BCUT2D eigenvalue weighted by Crippen LogP contribution is -2.48. The molecule has 0 atom stereocenters. The average Bonchev–Trinajstić information content (AvgIpc) is 3.11. The number of carbonyl (C=O) groups excluding carboxylic acids is 1. The second-order valence-corrected chi connectivity index (χ2v) is 11.1. The third-order valence-electron chi connectivity index (χ3n) is 6.39. The van der Waals surface area contributed by atoms with E-state index < -0.39 is 10.0 Å². The first-order chi connectivity index (χ1) is 15.8. The van der Waals surface area contributed by atoms with Gasteiger partial charge in [-0.3, -0.25) is 0 Å². The van der Waals surface area contributed by atoms with Gasteiger partial charge in [-0.05, 0) is 61.7 Å². The maximum atomic E-state index is 13.2. The van der Waals surface area contributed by atoms with Gasteiger partial charge in [0.25, 0.3) is 0 Å². The molecule has 4 rings (SSSR count). The lowest BCUT2D eigenvalue weighted by molar-refractivity contribution is 0.214. The number of hydrogen-bond donors (Lipinski definition) is 1. The molecule has 2 aromatic carbocycles. The van der Waals surface area contributed by atoms with Gasteiger partial charge in [0.2, 0.25) is 10.0 Å². The molecular formula is C24H31ClN4O3S. The fourth-order valence-electron chi connectivity index (χ4n) is 4.43. The topological polar surface area (TPSA) is 73.0 Å². The van der Waals surface area contributed by atoms with Gasteiger partial charge in [-0.15, -0.1) is 0 Å². The summed E-state index contributed by atoms with van der Waals surface area (Å²) in [7, 11) is -3.60. The third-order valence-corrected chi connectivity index (χ3v) is 8.54. The van der Waals surface area contributed by atoms with E-state index in [2.05, 4.69) is 10.2 Å². The number of nitrogens with one attached hydrogen (secondary N) is 1. The van der Waals surface area contributed by atoms with Crippen LogP contribution in [0.2, 0.25) is 5.02 Å². The number of aryl methyl sites for hydroxylation is 1. The number of nitrogens with zero attached hydrogens (tertiary/aromatic N) is 3. The Balaban J connectivity index is 1.37. The van der Waals surface area contributed by atoms with Crippen LogP contribution in [0.5, 0.6) is 0 Å². The lowest BCUT2D eigenvalue weighted by Gasteiger charge is -2.36. The highest BCUT2D eigenvalue weighted by Crippen LogP contribution is 2.27. The highest BCUT2D eigenvalue weighted by atomic mass is 35.5. The lowest BCUT2D eigenvalue weighted by atomic mass is 10.1. The predicted molar refractivity (Wildman–Crippen MR) is 133 cm³/mol. The molecule has 0 unspecified atom stereocenters. The van der Waals surface area contributed by atoms with Crippen LogP contribution in [0.15, 0.2) is 47.4 Å². The van der Waals surface area contributed by atoms with E-state index in [1.807, 2.05) is 30.0 Å². The van der Waals surface area contributed by atoms with E-state index in [1.165, 1.54) is 4.31 Å². The molecule has 2 saturated heterocycles. The first-order valence-corrected chi connectivity index (χ1v) is 13.3. The molecule has 0 aliphatic carbocycles. The molecule has 0 aromatic heterocycles. The van der Waals surface area contributed by atoms with E-state index in [9.17, 15) is 13.2 Å². The number of likely N-dealkylation sites (tertiary alicyclic amines) is 1. The summed E-state index contributed by atoms with van der Waals surface area (Å²) in [5.41, 5.74) is 2.77. The molecule has 0 saturated carbocycles. The maximum Gasteiger partial charge on any atom is 0.321 e. The Morgan fingerprint density at radius 1 is 0.879 bits per heavy atom. The normalized spacial score (nSPS) is 18.1. The van der Waals surface area contributed by atoms with Gasteiger partial charge in [-0.2, -0.15) is 4.31 Å². The monoisotopic (exact) mass is 490 g/mol. The zero-order valence-corrected chi connectivity index (χ0v) is 20.5. The zero-order chi connectivity index (χ0) is 23.4. The number of carbonyl (C=O) groups is 1. The van der Waals surface area contributed by atoms with Crippen molar-refractivity contribution in [1.82, 2.24) is 9.21 Å². The number of halogens is 1. The predicted octanol–water partition coefficient (Wildman–Crippen LogP) is 4.57. The van der Waals surface area contributed by atoms with Crippen molar-refractivity contribution in [2.24, 2.45) is 0 Å². The number of anilines is 2. The number of hydrogen-bond acceptors (Lipinski definition) is 4. The van der Waals surface area contributed by atoms with Gasteiger partial charge >= 0.3 is 6.03 Å². The SMILES string of the molecule is Cc1ccc(Cl)cc1N1CCN(S(=O)(=O)c2ccc(NC(=O)N3CCCCCC3)cc2)CC1. The van der Waals surface area contributed by atoms with Gasteiger partial charge in [0, 0.05) is 55.7 Å².